The topological polar surface area (TPSA) is 65.4 Å². The number of nitrogens with zero attached hydrogens (tertiary/aromatic N) is 2. The number of rotatable bonds is 7. The first kappa shape index (κ1) is 12.9. The minimum atomic E-state index is -0.247. The molecule has 0 heterocycles. The third kappa shape index (κ3) is 8.97. The fourth-order valence-electron chi connectivity index (χ4n) is 0.746. The van der Waals surface area contributed by atoms with Gasteiger partial charge < -0.3 is 15.0 Å². The van der Waals surface area contributed by atoms with Gasteiger partial charge in [0.15, 0.2) is 0 Å². The Morgan fingerprint density at radius 1 is 1.50 bits per heavy atom. The Morgan fingerprint density at radius 3 is 2.79 bits per heavy atom. The van der Waals surface area contributed by atoms with Gasteiger partial charge in [0, 0.05) is 13.1 Å². The van der Waals surface area contributed by atoms with Gasteiger partial charge in [-0.05, 0) is 14.1 Å². The fourth-order valence-corrected chi connectivity index (χ4v) is 0.746. The van der Waals surface area contributed by atoms with Crippen LogP contribution in [0.1, 0.15) is 6.42 Å². The molecule has 0 unspecified atom stereocenters. The van der Waals surface area contributed by atoms with Crippen LogP contribution in [0.15, 0.2) is 0 Å². The minimum Gasteiger partial charge on any atom is -0.378 e. The van der Waals surface area contributed by atoms with Crippen LogP contribution in [0, 0.1) is 11.3 Å². The average Bonchev–Trinajstić information content (AvgIpc) is 2.11. The third-order valence-electron chi connectivity index (χ3n) is 1.49. The van der Waals surface area contributed by atoms with Crippen molar-refractivity contribution in [3.8, 4) is 6.07 Å². The van der Waals surface area contributed by atoms with Gasteiger partial charge in [0.25, 0.3) is 0 Å². The van der Waals surface area contributed by atoms with Gasteiger partial charge in [0.2, 0.25) is 5.91 Å². The number of likely N-dealkylation sites (N-methyl/N-ethyl adjacent to an activating group) is 1. The van der Waals surface area contributed by atoms with Gasteiger partial charge in [-0.1, -0.05) is 0 Å². The van der Waals surface area contributed by atoms with Crippen molar-refractivity contribution in [1.82, 2.24) is 10.2 Å². The molecule has 0 rings (SSSR count). The van der Waals surface area contributed by atoms with Crippen molar-refractivity contribution in [1.29, 1.82) is 5.26 Å². The van der Waals surface area contributed by atoms with Crippen molar-refractivity contribution >= 4 is 5.91 Å². The van der Waals surface area contributed by atoms with Gasteiger partial charge in [-0.2, -0.15) is 5.26 Å². The molecule has 5 nitrogen and oxygen atoms in total. The van der Waals surface area contributed by atoms with Crippen molar-refractivity contribution < 1.29 is 9.53 Å². The molecule has 1 N–H and O–H groups in total. The Hall–Kier alpha value is -1.12. The van der Waals surface area contributed by atoms with Crippen molar-refractivity contribution in [3.63, 3.8) is 0 Å². The van der Waals surface area contributed by atoms with Crippen LogP contribution < -0.4 is 5.32 Å². The number of ether oxygens (including phenoxy) is 1. The lowest BCUT2D eigenvalue weighted by molar-refractivity contribution is -0.120. The van der Waals surface area contributed by atoms with E-state index in [4.69, 9.17) is 10.00 Å². The summed E-state index contributed by atoms with van der Waals surface area (Å²) in [5.74, 6) is -0.247. The summed E-state index contributed by atoms with van der Waals surface area (Å²) in [4.78, 5) is 12.8. The molecule has 0 saturated carbocycles. The first-order valence-corrected chi connectivity index (χ1v) is 4.53. The highest BCUT2D eigenvalue weighted by atomic mass is 16.5. The van der Waals surface area contributed by atoms with Crippen molar-refractivity contribution in [3.05, 3.63) is 0 Å². The number of hydrogen-bond acceptors (Lipinski definition) is 4. The molecule has 0 spiro atoms. The van der Waals surface area contributed by atoms with Gasteiger partial charge in [0.05, 0.1) is 19.3 Å². The Bertz CT molecular complexity index is 199. The molecule has 14 heavy (non-hydrogen) atoms. The third-order valence-corrected chi connectivity index (χ3v) is 1.49. The van der Waals surface area contributed by atoms with E-state index in [0.717, 1.165) is 6.54 Å². The largest absolute Gasteiger partial charge is 0.378 e. The maximum Gasteiger partial charge on any atom is 0.234 e. The van der Waals surface area contributed by atoms with Gasteiger partial charge in [-0.3, -0.25) is 4.79 Å². The number of carbonyl (C=O) groups is 1. The standard InChI is InChI=1S/C9H17N3O2/c1-12(2)6-8-14-7-5-11-9(13)3-4-10/h3,5-8H2,1-2H3,(H,11,13). The second-order valence-corrected chi connectivity index (χ2v) is 3.10. The molecule has 0 saturated heterocycles. The SMILES string of the molecule is CN(C)CCOCCNC(=O)CC#N. The number of nitriles is 1. The fraction of sp³-hybridized carbons (Fsp3) is 0.778. The van der Waals surface area contributed by atoms with E-state index in [0.29, 0.717) is 19.8 Å². The highest BCUT2D eigenvalue weighted by Gasteiger charge is 1.97. The lowest BCUT2D eigenvalue weighted by Gasteiger charge is -2.09. The lowest BCUT2D eigenvalue weighted by atomic mass is 10.4. The Morgan fingerprint density at radius 2 is 2.21 bits per heavy atom. The van der Waals surface area contributed by atoms with Gasteiger partial charge >= 0.3 is 0 Å². The molecule has 0 aliphatic heterocycles. The molecule has 0 fully saturated rings. The monoisotopic (exact) mass is 199 g/mol. The number of nitrogens with one attached hydrogen (secondary N) is 1. The van der Waals surface area contributed by atoms with Crippen LogP contribution in [0.4, 0.5) is 0 Å². The van der Waals surface area contributed by atoms with E-state index < -0.39 is 0 Å². The zero-order valence-electron chi connectivity index (χ0n) is 8.75. The molecule has 5 heteroatoms. The summed E-state index contributed by atoms with van der Waals surface area (Å²) in [6.45, 7) is 2.48. The summed E-state index contributed by atoms with van der Waals surface area (Å²) in [7, 11) is 3.94. The Balaban J connectivity index is 3.14. The molecule has 0 aromatic rings. The van der Waals surface area contributed by atoms with Crippen molar-refractivity contribution in [2.45, 2.75) is 6.42 Å². The molecule has 0 aromatic carbocycles. The second kappa shape index (κ2) is 8.48. The molecule has 1 amide bonds. The molecular formula is C9H17N3O2. The van der Waals surface area contributed by atoms with Gasteiger partial charge in [-0.15, -0.1) is 0 Å². The van der Waals surface area contributed by atoms with Crippen LogP contribution in [0.5, 0.6) is 0 Å². The number of amides is 1. The maximum absolute atomic E-state index is 10.8. The Kier molecular flexibility index (Phi) is 7.80. The van der Waals surface area contributed by atoms with Crippen LogP contribution in [-0.4, -0.2) is 51.2 Å². The van der Waals surface area contributed by atoms with E-state index in [1.54, 1.807) is 6.07 Å². The van der Waals surface area contributed by atoms with E-state index in [9.17, 15) is 4.79 Å². The van der Waals surface area contributed by atoms with Gasteiger partial charge in [-0.25, -0.2) is 0 Å². The maximum atomic E-state index is 10.8. The van der Waals surface area contributed by atoms with Crippen molar-refractivity contribution in [2.75, 3.05) is 40.4 Å². The Labute approximate surface area is 84.6 Å². The van der Waals surface area contributed by atoms with E-state index in [1.807, 2.05) is 19.0 Å². The molecule has 0 bridgehead atoms. The van der Waals surface area contributed by atoms with E-state index in [2.05, 4.69) is 5.32 Å². The summed E-state index contributed by atoms with van der Waals surface area (Å²) in [6.07, 6.45) is -0.0856. The molecular weight excluding hydrogens is 182 g/mol. The van der Waals surface area contributed by atoms with Crippen LogP contribution in [-0.2, 0) is 9.53 Å². The molecule has 80 valence electrons. The summed E-state index contributed by atoms with van der Waals surface area (Å²) in [5, 5.41) is 10.8. The lowest BCUT2D eigenvalue weighted by Crippen LogP contribution is -2.27. The summed E-state index contributed by atoms with van der Waals surface area (Å²) < 4.78 is 5.23. The zero-order chi connectivity index (χ0) is 10.8. The van der Waals surface area contributed by atoms with Crippen LogP contribution in [0.2, 0.25) is 0 Å². The number of hydrogen-bond donors (Lipinski definition) is 1. The average molecular weight is 199 g/mol. The van der Waals surface area contributed by atoms with Crippen LogP contribution in [0.25, 0.3) is 0 Å². The minimum absolute atomic E-state index is 0.0856. The number of carbonyl (C=O) groups excluding carboxylic acids is 1. The predicted molar refractivity (Wildman–Crippen MR) is 52.6 cm³/mol. The highest BCUT2D eigenvalue weighted by molar-refractivity contribution is 5.77. The molecule has 0 aromatic heterocycles. The summed E-state index contributed by atoms with van der Waals surface area (Å²) in [6, 6.07) is 1.77. The first-order valence-electron chi connectivity index (χ1n) is 4.53. The molecule has 0 radical (unpaired) electrons. The molecule has 0 aliphatic carbocycles. The van der Waals surface area contributed by atoms with Crippen molar-refractivity contribution in [2.24, 2.45) is 0 Å². The molecule has 0 aliphatic rings. The van der Waals surface area contributed by atoms with E-state index in [1.165, 1.54) is 0 Å². The summed E-state index contributed by atoms with van der Waals surface area (Å²) >= 11 is 0. The second-order valence-electron chi connectivity index (χ2n) is 3.10. The van der Waals surface area contributed by atoms with E-state index in [-0.39, 0.29) is 12.3 Å². The van der Waals surface area contributed by atoms with E-state index >= 15 is 0 Å². The van der Waals surface area contributed by atoms with Crippen LogP contribution in [0.3, 0.4) is 0 Å². The smallest absolute Gasteiger partial charge is 0.234 e. The highest BCUT2D eigenvalue weighted by Crippen LogP contribution is 1.79. The predicted octanol–water partition coefficient (Wildman–Crippen LogP) is -0.406. The first-order chi connectivity index (χ1) is 6.66. The van der Waals surface area contributed by atoms with Crippen LogP contribution >= 0.6 is 0 Å². The normalized spacial score (nSPS) is 9.86. The van der Waals surface area contributed by atoms with Gasteiger partial charge in [0.1, 0.15) is 6.42 Å². The quantitative estimate of drug-likeness (QED) is 0.566. The zero-order valence-corrected chi connectivity index (χ0v) is 8.75. The molecule has 0 atom stereocenters. The summed E-state index contributed by atoms with van der Waals surface area (Å²) in [5.41, 5.74) is 0.